The number of nitrogen functional groups attached to an aromatic ring is 1. The number of amides is 2. The zero-order chi connectivity index (χ0) is 26.1. The molecule has 0 radical (unpaired) electrons. The molecule has 2 aliphatic rings. The third-order valence-corrected chi connectivity index (χ3v) is 8.02. The standard InChI is InChI=1S/C18H17N11O5S3/c1-2-34-24-10(13-21-18(19)37-25-13)14(30)20-11-15(31)28-12(17(32)33)7(6-36-16(11)28)5-35-9-4-3-8-22-26-27-29(8)23-9/h3-4,11,16H,2,5-6H2,1H3,(H,20,30)(H,32,33)(H2,19,21,25)/b24-10+. The first-order valence-corrected chi connectivity index (χ1v) is 13.4. The van der Waals surface area contributed by atoms with E-state index in [9.17, 15) is 19.5 Å². The Bertz CT molecular complexity index is 1450. The summed E-state index contributed by atoms with van der Waals surface area (Å²) in [6.07, 6.45) is 0. The monoisotopic (exact) mass is 563 g/mol. The number of rotatable bonds is 9. The molecule has 0 aliphatic carbocycles. The molecule has 3 aromatic rings. The fraction of sp³-hybridized carbons (Fsp3) is 0.333. The van der Waals surface area contributed by atoms with Gasteiger partial charge in [-0.25, -0.2) is 4.79 Å². The van der Waals surface area contributed by atoms with E-state index in [1.54, 1.807) is 19.1 Å². The summed E-state index contributed by atoms with van der Waals surface area (Å²) in [6.45, 7) is 1.88. The minimum absolute atomic E-state index is 0.0349. The predicted molar refractivity (Wildman–Crippen MR) is 131 cm³/mol. The van der Waals surface area contributed by atoms with Gasteiger partial charge < -0.3 is 21.0 Å². The zero-order valence-corrected chi connectivity index (χ0v) is 21.3. The van der Waals surface area contributed by atoms with Gasteiger partial charge in [0.1, 0.15) is 28.7 Å². The molecule has 1 saturated heterocycles. The van der Waals surface area contributed by atoms with Crippen molar-refractivity contribution in [3.63, 3.8) is 0 Å². The number of nitrogens with one attached hydrogen (secondary N) is 1. The average molecular weight is 564 g/mol. The second kappa shape index (κ2) is 10.3. The molecular weight excluding hydrogens is 546 g/mol. The van der Waals surface area contributed by atoms with Gasteiger partial charge in [0, 0.05) is 23.0 Å². The van der Waals surface area contributed by atoms with Crippen molar-refractivity contribution in [1.82, 2.24) is 44.8 Å². The summed E-state index contributed by atoms with van der Waals surface area (Å²) in [4.78, 5) is 48.2. The van der Waals surface area contributed by atoms with E-state index in [1.807, 2.05) is 0 Å². The second-order valence-electron chi connectivity index (χ2n) is 7.42. The largest absolute Gasteiger partial charge is 0.477 e. The number of anilines is 1. The fourth-order valence-corrected chi connectivity index (χ4v) is 6.29. The Morgan fingerprint density at radius 3 is 2.97 bits per heavy atom. The Kier molecular flexibility index (Phi) is 6.89. The first-order chi connectivity index (χ1) is 17.9. The van der Waals surface area contributed by atoms with Crippen molar-refractivity contribution in [3.8, 4) is 0 Å². The molecule has 5 rings (SSSR count). The molecule has 192 valence electrons. The maximum atomic E-state index is 13.0. The molecular formula is C18H17N11O5S3. The summed E-state index contributed by atoms with van der Waals surface area (Å²) < 4.78 is 5.24. The van der Waals surface area contributed by atoms with Gasteiger partial charge in [-0.15, -0.1) is 38.4 Å². The van der Waals surface area contributed by atoms with E-state index in [1.165, 1.54) is 33.1 Å². The van der Waals surface area contributed by atoms with Gasteiger partial charge in [-0.3, -0.25) is 14.5 Å². The van der Waals surface area contributed by atoms with Crippen LogP contribution in [0, 0.1) is 0 Å². The van der Waals surface area contributed by atoms with Crippen LogP contribution in [0.3, 0.4) is 0 Å². The number of β-lactam (4-membered cyclic amide) rings is 1. The molecule has 2 amide bonds. The molecule has 19 heteroatoms. The van der Waals surface area contributed by atoms with E-state index < -0.39 is 29.2 Å². The minimum Gasteiger partial charge on any atom is -0.477 e. The lowest BCUT2D eigenvalue weighted by Crippen LogP contribution is -2.71. The zero-order valence-electron chi connectivity index (χ0n) is 18.8. The highest BCUT2D eigenvalue weighted by atomic mass is 32.2. The van der Waals surface area contributed by atoms with Crippen LogP contribution in [0.25, 0.3) is 5.65 Å². The van der Waals surface area contributed by atoms with Crippen molar-refractivity contribution >= 4 is 69.3 Å². The number of oxime groups is 1. The molecule has 3 aromatic heterocycles. The van der Waals surface area contributed by atoms with Crippen molar-refractivity contribution in [3.05, 3.63) is 29.2 Å². The Morgan fingerprint density at radius 1 is 1.41 bits per heavy atom. The molecule has 2 atom stereocenters. The van der Waals surface area contributed by atoms with E-state index in [0.29, 0.717) is 22.0 Å². The van der Waals surface area contributed by atoms with Gasteiger partial charge in [-0.1, -0.05) is 5.16 Å². The van der Waals surface area contributed by atoms with Crippen LogP contribution in [0.4, 0.5) is 5.13 Å². The molecule has 2 unspecified atom stereocenters. The van der Waals surface area contributed by atoms with E-state index in [4.69, 9.17) is 10.6 Å². The normalized spacial score (nSPS) is 19.5. The number of tetrazole rings is 1. The van der Waals surface area contributed by atoms with E-state index in [-0.39, 0.29) is 34.7 Å². The number of aromatic nitrogens is 7. The van der Waals surface area contributed by atoms with Gasteiger partial charge in [-0.05, 0) is 35.1 Å². The summed E-state index contributed by atoms with van der Waals surface area (Å²) in [5.74, 6) is -1.94. The molecule has 0 aromatic carbocycles. The molecule has 2 aliphatic heterocycles. The number of carboxylic acids is 1. The van der Waals surface area contributed by atoms with E-state index in [2.05, 4.69) is 40.5 Å². The number of hydrogen-bond donors (Lipinski definition) is 3. The number of fused-ring (bicyclic) bond motifs is 2. The summed E-state index contributed by atoms with van der Waals surface area (Å²) in [6, 6.07) is 2.45. The lowest BCUT2D eigenvalue weighted by Gasteiger charge is -2.49. The number of hydrogen-bond acceptors (Lipinski definition) is 15. The van der Waals surface area contributed by atoms with E-state index in [0.717, 1.165) is 11.5 Å². The van der Waals surface area contributed by atoms with Crippen molar-refractivity contribution in [2.75, 3.05) is 23.8 Å². The van der Waals surface area contributed by atoms with Crippen LogP contribution in [-0.4, -0.2) is 97.6 Å². The summed E-state index contributed by atoms with van der Waals surface area (Å²) in [5, 5.41) is 31.7. The third kappa shape index (κ3) is 4.79. The summed E-state index contributed by atoms with van der Waals surface area (Å²) in [7, 11) is 0. The Morgan fingerprint density at radius 2 is 2.24 bits per heavy atom. The Labute approximate surface area is 219 Å². The fourth-order valence-electron chi connectivity index (χ4n) is 3.52. The van der Waals surface area contributed by atoms with Crippen molar-refractivity contribution in [2.45, 2.75) is 23.4 Å². The van der Waals surface area contributed by atoms with Crippen LogP contribution in [0.15, 0.2) is 33.6 Å². The van der Waals surface area contributed by atoms with Crippen LogP contribution >= 0.6 is 35.1 Å². The van der Waals surface area contributed by atoms with Crippen LogP contribution in [-0.2, 0) is 19.2 Å². The lowest BCUT2D eigenvalue weighted by atomic mass is 10.0. The Balaban J connectivity index is 1.30. The third-order valence-electron chi connectivity index (χ3n) is 5.13. The minimum atomic E-state index is -1.23. The Hall–Kier alpha value is -3.84. The highest BCUT2D eigenvalue weighted by molar-refractivity contribution is 8.01. The van der Waals surface area contributed by atoms with Crippen LogP contribution in [0.2, 0.25) is 0 Å². The highest BCUT2D eigenvalue weighted by Crippen LogP contribution is 2.41. The number of nitrogens with two attached hydrogens (primary N) is 1. The summed E-state index contributed by atoms with van der Waals surface area (Å²) in [5.41, 5.74) is 6.30. The highest BCUT2D eigenvalue weighted by Gasteiger charge is 2.54. The van der Waals surface area contributed by atoms with Crippen LogP contribution < -0.4 is 11.1 Å². The van der Waals surface area contributed by atoms with Gasteiger partial charge in [-0.2, -0.15) is 9.36 Å². The van der Waals surface area contributed by atoms with Gasteiger partial charge in [0.25, 0.3) is 11.8 Å². The smallest absolute Gasteiger partial charge is 0.352 e. The van der Waals surface area contributed by atoms with E-state index >= 15 is 0 Å². The molecule has 37 heavy (non-hydrogen) atoms. The van der Waals surface area contributed by atoms with Gasteiger partial charge in [0.2, 0.25) is 11.5 Å². The van der Waals surface area contributed by atoms with Gasteiger partial charge >= 0.3 is 5.97 Å². The predicted octanol–water partition coefficient (Wildman–Crippen LogP) is -0.775. The molecule has 4 N–H and O–H groups in total. The number of aliphatic carboxylic acids is 1. The molecule has 5 heterocycles. The topological polar surface area (TPSA) is 216 Å². The number of carbonyl (C=O) groups excluding carboxylic acids is 2. The first kappa shape index (κ1) is 24.8. The maximum absolute atomic E-state index is 13.0. The first-order valence-electron chi connectivity index (χ1n) is 10.6. The molecule has 0 spiro atoms. The van der Waals surface area contributed by atoms with Crippen LogP contribution in [0.1, 0.15) is 12.7 Å². The molecule has 0 bridgehead atoms. The average Bonchev–Trinajstić information content (AvgIpc) is 3.54. The van der Waals surface area contributed by atoms with Crippen molar-refractivity contribution in [1.29, 1.82) is 0 Å². The van der Waals surface area contributed by atoms with Gasteiger partial charge in [0.15, 0.2) is 10.8 Å². The number of thioether (sulfide) groups is 2. The molecule has 0 saturated carbocycles. The van der Waals surface area contributed by atoms with Crippen molar-refractivity contribution < 1.29 is 24.3 Å². The molecule has 16 nitrogen and oxygen atoms in total. The number of carboxylic acid groups (broad SMARTS) is 1. The lowest BCUT2D eigenvalue weighted by molar-refractivity contribution is -0.150. The maximum Gasteiger partial charge on any atom is 0.352 e. The summed E-state index contributed by atoms with van der Waals surface area (Å²) >= 11 is 3.52. The second-order valence-corrected chi connectivity index (χ2v) is 10.3. The quantitative estimate of drug-likeness (QED) is 0.126. The SMILES string of the molecule is CCO/N=C(/C(=O)NC1C(=O)N2C(C(=O)O)=C(CSc3ccc4nnnn4n3)CSC12)c1nsc(N)n1. The molecule has 1 fully saturated rings. The van der Waals surface area contributed by atoms with Gasteiger partial charge in [0.05, 0.1) is 0 Å². The number of nitrogens with zero attached hydrogens (tertiary/aromatic N) is 9. The van der Waals surface area contributed by atoms with Crippen LogP contribution in [0.5, 0.6) is 0 Å². The van der Waals surface area contributed by atoms with Crippen molar-refractivity contribution in [2.24, 2.45) is 5.16 Å². The number of carbonyl (C=O) groups is 3.